The first kappa shape index (κ1) is 24.9. The molecule has 0 radical (unpaired) electrons. The maximum Gasteiger partial charge on any atom is 0.0760 e. The van der Waals surface area contributed by atoms with Gasteiger partial charge in [-0.3, -0.25) is 0 Å². The molecule has 1 aromatic heterocycles. The van der Waals surface area contributed by atoms with Crippen LogP contribution in [0.2, 0.25) is 0 Å². The van der Waals surface area contributed by atoms with E-state index in [1.807, 2.05) is 11.3 Å². The summed E-state index contributed by atoms with van der Waals surface area (Å²) in [6, 6.07) is 60.8. The molecule has 7 aromatic carbocycles. The summed E-state index contributed by atoms with van der Waals surface area (Å²) in [6.45, 7) is 0. The van der Waals surface area contributed by atoms with E-state index in [9.17, 15) is 0 Å². The molecule has 1 spiro atoms. The smallest absolute Gasteiger partial charge is 0.0760 e. The van der Waals surface area contributed by atoms with E-state index in [0.29, 0.717) is 0 Å². The molecule has 210 valence electrons. The van der Waals surface area contributed by atoms with E-state index < -0.39 is 5.41 Å². The highest BCUT2D eigenvalue weighted by Crippen LogP contribution is 2.64. The minimum atomic E-state index is -0.480. The molecule has 8 aromatic rings. The number of hydrogen-bond acceptors (Lipinski definition) is 2. The Labute approximate surface area is 266 Å². The number of thiophene rings is 1. The molecule has 1 aliphatic carbocycles. The van der Waals surface area contributed by atoms with Crippen LogP contribution in [0.5, 0.6) is 0 Å². The fraction of sp³-hybridized carbons (Fsp3) is 0.0233. The fourth-order valence-corrected chi connectivity index (χ4v) is 9.24. The zero-order valence-corrected chi connectivity index (χ0v) is 25.3. The Balaban J connectivity index is 1.34. The van der Waals surface area contributed by atoms with Gasteiger partial charge in [-0.25, -0.2) is 0 Å². The highest BCUT2D eigenvalue weighted by atomic mass is 32.1. The van der Waals surface area contributed by atoms with Gasteiger partial charge in [0.2, 0.25) is 0 Å². The second-order valence-electron chi connectivity index (χ2n) is 12.0. The SMILES string of the molecule is c1ccc(N2c3ccccc3C3(c4ccccc4-c4cccc(-c5ccc6sc7ccccc7c6c5)c43)c3ccccc32)cc1. The lowest BCUT2D eigenvalue weighted by molar-refractivity contribution is 0.754. The van der Waals surface area contributed by atoms with Gasteiger partial charge in [0.1, 0.15) is 0 Å². The summed E-state index contributed by atoms with van der Waals surface area (Å²) in [4.78, 5) is 2.45. The van der Waals surface area contributed by atoms with E-state index in [2.05, 4.69) is 169 Å². The van der Waals surface area contributed by atoms with E-state index in [4.69, 9.17) is 0 Å². The van der Waals surface area contributed by atoms with Gasteiger partial charge in [-0.1, -0.05) is 121 Å². The molecule has 0 saturated carbocycles. The van der Waals surface area contributed by atoms with Crippen molar-refractivity contribution >= 4 is 48.6 Å². The van der Waals surface area contributed by atoms with Crippen molar-refractivity contribution in [2.75, 3.05) is 4.90 Å². The second-order valence-corrected chi connectivity index (χ2v) is 13.1. The lowest BCUT2D eigenvalue weighted by Gasteiger charge is -2.45. The van der Waals surface area contributed by atoms with Gasteiger partial charge >= 0.3 is 0 Å². The number of benzene rings is 7. The standard InChI is InChI=1S/C43H27NS/c1-2-13-29(14-3-1)44-38-22-9-7-20-36(38)43(37-21-8-10-23-39(37)44)35-19-6-4-15-31(35)33-18-12-17-30(42(33)43)28-25-26-41-34(27-28)32-16-5-11-24-40(32)45-41/h1-27H. The number of anilines is 3. The average Bonchev–Trinajstić information content (AvgIpc) is 3.63. The average molecular weight is 590 g/mol. The van der Waals surface area contributed by atoms with Crippen molar-refractivity contribution in [1.82, 2.24) is 0 Å². The van der Waals surface area contributed by atoms with E-state index in [0.717, 1.165) is 0 Å². The first-order chi connectivity index (χ1) is 22.3. The van der Waals surface area contributed by atoms with E-state index in [1.165, 1.54) is 81.7 Å². The third-order valence-corrected chi connectivity index (χ3v) is 11.0. The van der Waals surface area contributed by atoms with Crippen LogP contribution in [0.25, 0.3) is 42.4 Å². The molecule has 2 aliphatic rings. The van der Waals surface area contributed by atoms with Crippen molar-refractivity contribution in [3.63, 3.8) is 0 Å². The summed E-state index contributed by atoms with van der Waals surface area (Å²) in [6.07, 6.45) is 0. The minimum absolute atomic E-state index is 0.480. The zero-order chi connectivity index (χ0) is 29.5. The van der Waals surface area contributed by atoms with Gasteiger partial charge in [0.15, 0.2) is 0 Å². The molecule has 1 nitrogen and oxygen atoms in total. The minimum Gasteiger partial charge on any atom is -0.310 e. The van der Waals surface area contributed by atoms with E-state index in [1.54, 1.807) is 0 Å². The van der Waals surface area contributed by atoms with Gasteiger partial charge < -0.3 is 4.90 Å². The second kappa shape index (κ2) is 9.28. The van der Waals surface area contributed by atoms with Crippen LogP contribution in [0.1, 0.15) is 22.3 Å². The summed E-state index contributed by atoms with van der Waals surface area (Å²) in [7, 11) is 0. The Morgan fingerprint density at radius 1 is 0.422 bits per heavy atom. The normalized spacial score (nSPS) is 13.9. The Hall–Kier alpha value is -5.44. The van der Waals surface area contributed by atoms with Crippen LogP contribution in [0.15, 0.2) is 164 Å². The van der Waals surface area contributed by atoms with Gasteiger partial charge in [0.25, 0.3) is 0 Å². The monoisotopic (exact) mass is 589 g/mol. The lowest BCUT2D eigenvalue weighted by Crippen LogP contribution is -2.36. The van der Waals surface area contributed by atoms with Gasteiger partial charge in [0, 0.05) is 25.9 Å². The maximum absolute atomic E-state index is 2.45. The molecule has 0 unspecified atom stereocenters. The molecule has 0 saturated heterocycles. The van der Waals surface area contributed by atoms with Crippen molar-refractivity contribution in [3.8, 4) is 22.3 Å². The first-order valence-corrected chi connectivity index (χ1v) is 16.3. The molecule has 45 heavy (non-hydrogen) atoms. The molecule has 0 atom stereocenters. The van der Waals surface area contributed by atoms with Crippen LogP contribution < -0.4 is 4.90 Å². The fourth-order valence-electron chi connectivity index (χ4n) is 8.16. The summed E-state index contributed by atoms with van der Waals surface area (Å²) >= 11 is 1.88. The van der Waals surface area contributed by atoms with Crippen LogP contribution in [0.4, 0.5) is 17.1 Å². The Morgan fingerprint density at radius 3 is 1.82 bits per heavy atom. The summed E-state index contributed by atoms with van der Waals surface area (Å²) in [5.41, 5.74) is 13.7. The summed E-state index contributed by atoms with van der Waals surface area (Å²) < 4.78 is 2.67. The summed E-state index contributed by atoms with van der Waals surface area (Å²) in [5, 5.41) is 2.66. The van der Waals surface area contributed by atoms with Gasteiger partial charge in [-0.2, -0.15) is 0 Å². The maximum atomic E-state index is 2.45. The van der Waals surface area contributed by atoms with E-state index >= 15 is 0 Å². The third-order valence-electron chi connectivity index (χ3n) is 9.86. The number of nitrogens with zero attached hydrogens (tertiary/aromatic N) is 1. The number of para-hydroxylation sites is 3. The topological polar surface area (TPSA) is 3.24 Å². The molecule has 2 heteroatoms. The molecular formula is C43H27NS. The Morgan fingerprint density at radius 2 is 1.02 bits per heavy atom. The zero-order valence-electron chi connectivity index (χ0n) is 24.4. The Bertz CT molecular complexity index is 2400. The first-order valence-electron chi connectivity index (χ1n) is 15.5. The van der Waals surface area contributed by atoms with Gasteiger partial charge in [-0.05, 0) is 87.0 Å². The molecule has 0 amide bonds. The number of rotatable bonds is 2. The van der Waals surface area contributed by atoms with Crippen LogP contribution in [0.3, 0.4) is 0 Å². The molecule has 0 N–H and O–H groups in total. The number of fused-ring (bicyclic) bond motifs is 12. The largest absolute Gasteiger partial charge is 0.310 e. The van der Waals surface area contributed by atoms with Crippen molar-refractivity contribution in [2.45, 2.75) is 5.41 Å². The summed E-state index contributed by atoms with van der Waals surface area (Å²) in [5.74, 6) is 0. The predicted octanol–water partition coefficient (Wildman–Crippen LogP) is 11.9. The molecular weight excluding hydrogens is 563 g/mol. The predicted molar refractivity (Wildman–Crippen MR) is 190 cm³/mol. The van der Waals surface area contributed by atoms with Gasteiger partial charge in [0.05, 0.1) is 16.8 Å². The van der Waals surface area contributed by atoms with Crippen molar-refractivity contribution < 1.29 is 0 Å². The number of hydrogen-bond donors (Lipinski definition) is 0. The van der Waals surface area contributed by atoms with Crippen molar-refractivity contribution in [1.29, 1.82) is 0 Å². The lowest BCUT2D eigenvalue weighted by atomic mass is 9.63. The Kier molecular flexibility index (Phi) is 5.14. The van der Waals surface area contributed by atoms with Crippen molar-refractivity contribution in [3.05, 3.63) is 186 Å². The van der Waals surface area contributed by atoms with Crippen LogP contribution in [0, 0.1) is 0 Å². The van der Waals surface area contributed by atoms with Gasteiger partial charge in [-0.15, -0.1) is 11.3 Å². The highest BCUT2D eigenvalue weighted by Gasteiger charge is 2.52. The molecule has 0 bridgehead atoms. The molecule has 10 rings (SSSR count). The third kappa shape index (κ3) is 3.27. The quantitative estimate of drug-likeness (QED) is 0.194. The molecule has 0 fully saturated rings. The van der Waals surface area contributed by atoms with Crippen molar-refractivity contribution in [2.24, 2.45) is 0 Å². The van der Waals surface area contributed by atoms with Crippen LogP contribution in [-0.2, 0) is 5.41 Å². The van der Waals surface area contributed by atoms with Crippen LogP contribution >= 0.6 is 11.3 Å². The highest BCUT2D eigenvalue weighted by molar-refractivity contribution is 7.25. The molecule has 1 aliphatic heterocycles. The van der Waals surface area contributed by atoms with E-state index in [-0.39, 0.29) is 0 Å². The molecule has 2 heterocycles. The van der Waals surface area contributed by atoms with Crippen LogP contribution in [-0.4, -0.2) is 0 Å².